The van der Waals surface area contributed by atoms with Crippen LogP contribution in [0.1, 0.15) is 42.1 Å². The lowest BCUT2D eigenvalue weighted by atomic mass is 9.85. The third-order valence-electron chi connectivity index (χ3n) is 8.31. The molecule has 1 saturated heterocycles. The highest BCUT2D eigenvalue weighted by Crippen LogP contribution is 2.32. The van der Waals surface area contributed by atoms with Gasteiger partial charge in [0.05, 0.1) is 31.1 Å². The maximum Gasteiger partial charge on any atom is 0.251 e. The summed E-state index contributed by atoms with van der Waals surface area (Å²) >= 11 is 0. The second-order valence-electron chi connectivity index (χ2n) is 11.0. The van der Waals surface area contributed by atoms with Crippen molar-refractivity contribution in [1.29, 1.82) is 0 Å². The van der Waals surface area contributed by atoms with Crippen LogP contribution in [0.15, 0.2) is 48.9 Å². The fourth-order valence-corrected chi connectivity index (χ4v) is 5.71. The number of imidazole rings is 1. The zero-order chi connectivity index (χ0) is 31.0. The normalized spacial score (nSPS) is 21.1. The van der Waals surface area contributed by atoms with E-state index in [-0.39, 0.29) is 35.2 Å². The molecule has 5 N–H and O–H groups in total. The Balaban J connectivity index is 1.16. The van der Waals surface area contributed by atoms with E-state index < -0.39 is 23.8 Å². The van der Waals surface area contributed by atoms with Crippen molar-refractivity contribution in [2.75, 3.05) is 19.0 Å². The van der Waals surface area contributed by atoms with Crippen LogP contribution < -0.4 is 26.0 Å². The zero-order valence-electron chi connectivity index (χ0n) is 24.2. The number of carbonyl (C=O) groups excluding carboxylic acids is 2. The fraction of sp³-hybridized carbons (Fsp3) is 0.355. The molecule has 2 fully saturated rings. The maximum atomic E-state index is 14.8. The molecule has 0 spiro atoms. The lowest BCUT2D eigenvalue weighted by molar-refractivity contribution is -0.124. The third kappa shape index (κ3) is 5.55. The molecule has 1 saturated carbocycles. The first-order valence-electron chi connectivity index (χ1n) is 14.5. The molecule has 3 heterocycles. The van der Waals surface area contributed by atoms with Crippen LogP contribution in [0.3, 0.4) is 0 Å². The monoisotopic (exact) mass is 605 g/mol. The number of hydrogen-bond donors (Lipinski definition) is 5. The summed E-state index contributed by atoms with van der Waals surface area (Å²) in [6, 6.07) is 7.39. The molecule has 11 nitrogen and oxygen atoms in total. The molecule has 13 heteroatoms. The number of benzene rings is 2. The predicted molar refractivity (Wildman–Crippen MR) is 159 cm³/mol. The molecule has 230 valence electrons. The number of aliphatic hydroxyl groups is 1. The third-order valence-corrected chi connectivity index (χ3v) is 8.31. The number of ether oxygens (including phenoxy) is 1. The van der Waals surface area contributed by atoms with Crippen molar-refractivity contribution in [1.82, 2.24) is 30.3 Å². The largest absolute Gasteiger partial charge is 0.494 e. The van der Waals surface area contributed by atoms with Crippen molar-refractivity contribution in [3.8, 4) is 17.0 Å². The van der Waals surface area contributed by atoms with Gasteiger partial charge in [-0.05, 0) is 61.6 Å². The van der Waals surface area contributed by atoms with Gasteiger partial charge in [-0.25, -0.2) is 14.4 Å². The number of carbonyl (C=O) groups is 2. The minimum absolute atomic E-state index is 0.0267. The Kier molecular flexibility index (Phi) is 8.15. The lowest BCUT2D eigenvalue weighted by Gasteiger charge is -2.38. The Morgan fingerprint density at radius 2 is 1.91 bits per heavy atom. The van der Waals surface area contributed by atoms with Crippen LogP contribution >= 0.6 is 0 Å². The number of rotatable bonds is 9. The molecule has 44 heavy (non-hydrogen) atoms. The van der Waals surface area contributed by atoms with Crippen molar-refractivity contribution in [2.24, 2.45) is 0 Å². The van der Waals surface area contributed by atoms with E-state index in [1.807, 2.05) is 13.0 Å². The Labute approximate surface area is 252 Å². The Morgan fingerprint density at radius 3 is 2.61 bits per heavy atom. The van der Waals surface area contributed by atoms with Gasteiger partial charge >= 0.3 is 0 Å². The van der Waals surface area contributed by atoms with Crippen molar-refractivity contribution in [2.45, 2.75) is 56.8 Å². The lowest BCUT2D eigenvalue weighted by Crippen LogP contribution is -2.60. The molecule has 2 unspecified atom stereocenters. The van der Waals surface area contributed by atoms with Gasteiger partial charge in [0.1, 0.15) is 0 Å². The molecule has 0 radical (unpaired) electrons. The highest BCUT2D eigenvalue weighted by atomic mass is 19.2. The number of nitrogens with one attached hydrogen (secondary N) is 4. The first-order chi connectivity index (χ1) is 21.3. The van der Waals surface area contributed by atoms with Crippen molar-refractivity contribution < 1.29 is 28.2 Å². The number of nitrogens with zero attached hydrogens (tertiary/aromatic N) is 3. The smallest absolute Gasteiger partial charge is 0.251 e. The number of aliphatic hydroxyl groups excluding tert-OH is 1. The van der Waals surface area contributed by atoms with Gasteiger partial charge in [0.15, 0.2) is 23.0 Å². The molecule has 2 aliphatic rings. The first kappa shape index (κ1) is 29.5. The van der Waals surface area contributed by atoms with Gasteiger partial charge < -0.3 is 31.1 Å². The number of fused-ring (bicyclic) bond motifs is 1. The Hall–Kier alpha value is -4.62. The summed E-state index contributed by atoms with van der Waals surface area (Å²) in [6.45, 7) is 2.35. The van der Waals surface area contributed by atoms with E-state index >= 15 is 0 Å². The quantitative estimate of drug-likeness (QED) is 0.196. The summed E-state index contributed by atoms with van der Waals surface area (Å²) in [4.78, 5) is 34.6. The van der Waals surface area contributed by atoms with Crippen LogP contribution in [-0.2, 0) is 11.2 Å². The van der Waals surface area contributed by atoms with E-state index in [0.717, 1.165) is 18.4 Å². The molecular weight excluding hydrogens is 572 g/mol. The topological polar surface area (TPSA) is 142 Å². The highest BCUT2D eigenvalue weighted by Gasteiger charge is 2.36. The van der Waals surface area contributed by atoms with Gasteiger partial charge in [0, 0.05) is 47.8 Å². The summed E-state index contributed by atoms with van der Waals surface area (Å²) in [5.74, 6) is -2.30. The Morgan fingerprint density at radius 1 is 1.11 bits per heavy atom. The van der Waals surface area contributed by atoms with E-state index in [1.54, 1.807) is 22.7 Å². The maximum absolute atomic E-state index is 14.8. The minimum Gasteiger partial charge on any atom is -0.494 e. The van der Waals surface area contributed by atoms with Gasteiger partial charge in [0.25, 0.3) is 5.91 Å². The summed E-state index contributed by atoms with van der Waals surface area (Å²) in [5.41, 5.74) is 2.78. The van der Waals surface area contributed by atoms with Crippen LogP contribution in [-0.4, -0.2) is 69.2 Å². The number of β-amino-alcohol motifs (C(OH)–C–C–N with tert-alkyl or cyclic N) is 1. The average Bonchev–Trinajstić information content (AvgIpc) is 3.66. The Bertz CT molecular complexity index is 1730. The predicted octanol–water partition coefficient (Wildman–Crippen LogP) is 3.09. The fourth-order valence-electron chi connectivity index (χ4n) is 5.71. The van der Waals surface area contributed by atoms with Crippen LogP contribution in [0.2, 0.25) is 0 Å². The van der Waals surface area contributed by atoms with Gasteiger partial charge in [-0.2, -0.15) is 4.39 Å². The molecule has 6 rings (SSSR count). The number of hydrogen-bond acceptors (Lipinski definition) is 8. The van der Waals surface area contributed by atoms with Gasteiger partial charge in [0.2, 0.25) is 11.7 Å². The molecular formula is C31H33F2N7O4. The molecule has 4 atom stereocenters. The number of anilines is 2. The van der Waals surface area contributed by atoms with E-state index in [4.69, 9.17) is 4.74 Å². The molecule has 2 aromatic carbocycles. The number of aromatic nitrogens is 3. The van der Waals surface area contributed by atoms with Gasteiger partial charge in [-0.1, -0.05) is 6.92 Å². The minimum atomic E-state index is -1.08. The van der Waals surface area contributed by atoms with E-state index in [0.29, 0.717) is 47.8 Å². The van der Waals surface area contributed by atoms with E-state index in [9.17, 15) is 23.5 Å². The van der Waals surface area contributed by atoms with Crippen molar-refractivity contribution >= 4 is 29.0 Å². The summed E-state index contributed by atoms with van der Waals surface area (Å²) in [6.07, 6.45) is 6.55. The van der Waals surface area contributed by atoms with Crippen LogP contribution in [0.4, 0.5) is 20.3 Å². The summed E-state index contributed by atoms with van der Waals surface area (Å²) in [5, 5.41) is 22.0. The average molecular weight is 606 g/mol. The van der Waals surface area contributed by atoms with Crippen LogP contribution in [0.25, 0.3) is 16.9 Å². The molecule has 2 aromatic heterocycles. The summed E-state index contributed by atoms with van der Waals surface area (Å²) < 4.78 is 35.7. The van der Waals surface area contributed by atoms with Crippen LogP contribution in [0.5, 0.6) is 5.75 Å². The highest BCUT2D eigenvalue weighted by molar-refractivity contribution is 5.96. The second kappa shape index (κ2) is 12.2. The van der Waals surface area contributed by atoms with Crippen LogP contribution in [0, 0.1) is 11.6 Å². The van der Waals surface area contributed by atoms with E-state index in [2.05, 4.69) is 31.2 Å². The van der Waals surface area contributed by atoms with Crippen molar-refractivity contribution in [3.63, 3.8) is 0 Å². The zero-order valence-corrected chi connectivity index (χ0v) is 24.2. The number of amides is 2. The molecule has 1 aliphatic carbocycles. The standard InChI is InChI=1S/C31H33F2N7O4/c1-3-16-12-17(4-5-19(16)30(42)38-21-7-8-22(21)39-31(43)23-13-18(41)14-35-23)37-28-29-36-15-24(40(29)11-10-34-28)20-6-9-25(44-2)27(33)26(20)32/h4-6,9-12,15,18,21-23,35,41H,3,7-8,13-14H2,1-2H3,(H,34,37)(H,38,42)(H,39,43)/t18-,21?,22?,23+/m1/s1. The number of halogens is 2. The molecule has 2 amide bonds. The van der Waals surface area contributed by atoms with Crippen molar-refractivity contribution in [3.05, 3.63) is 71.7 Å². The second-order valence-corrected chi connectivity index (χ2v) is 11.0. The molecule has 4 aromatic rings. The number of aryl methyl sites for hydroxylation is 1. The van der Waals surface area contributed by atoms with E-state index in [1.165, 1.54) is 31.6 Å². The first-order valence-corrected chi connectivity index (χ1v) is 14.5. The van der Waals surface area contributed by atoms with Gasteiger partial charge in [-0.15, -0.1) is 0 Å². The van der Waals surface area contributed by atoms with Gasteiger partial charge in [-0.3, -0.25) is 14.0 Å². The SMILES string of the molecule is CCc1cc(Nc2nccn3c(-c4ccc(OC)c(F)c4F)cnc23)ccc1C(=O)NC1CCC1NC(=O)[C@@H]1C[C@@H](O)CN1. The summed E-state index contributed by atoms with van der Waals surface area (Å²) in [7, 11) is 1.27. The molecule has 0 bridgehead atoms. The molecule has 1 aliphatic heterocycles. The number of methoxy groups -OCH3 is 1.